The Hall–Kier alpha value is -1.40. The monoisotopic (exact) mass is 325 g/mol. The fraction of sp³-hybridized carbons (Fsp3) is 0.385. The van der Waals surface area contributed by atoms with E-state index < -0.39 is 0 Å². The molecular formula is C13H16BrN3O2. The van der Waals surface area contributed by atoms with Crippen molar-refractivity contribution in [1.82, 2.24) is 9.97 Å². The minimum Gasteiger partial charge on any atom is -0.461 e. The van der Waals surface area contributed by atoms with E-state index in [2.05, 4.69) is 31.2 Å². The topological polar surface area (TPSA) is 60.2 Å². The predicted molar refractivity (Wildman–Crippen MR) is 77.0 cm³/mol. The van der Waals surface area contributed by atoms with Crippen molar-refractivity contribution in [2.24, 2.45) is 0 Å². The van der Waals surface area contributed by atoms with Crippen LogP contribution in [0, 0.1) is 6.92 Å². The summed E-state index contributed by atoms with van der Waals surface area (Å²) in [5, 5.41) is 3.20. The van der Waals surface area contributed by atoms with Crippen LogP contribution in [0.25, 0.3) is 11.6 Å². The van der Waals surface area contributed by atoms with E-state index >= 15 is 0 Å². The van der Waals surface area contributed by atoms with Gasteiger partial charge in [-0.1, -0.05) is 0 Å². The number of nitrogens with one attached hydrogen (secondary N) is 1. The van der Waals surface area contributed by atoms with Crippen LogP contribution in [0.3, 0.4) is 0 Å². The van der Waals surface area contributed by atoms with Gasteiger partial charge in [0.25, 0.3) is 0 Å². The second-order valence-corrected chi connectivity index (χ2v) is 4.85. The summed E-state index contributed by atoms with van der Waals surface area (Å²) in [4.78, 5) is 8.98. The number of hydrogen-bond acceptors (Lipinski definition) is 5. The lowest BCUT2D eigenvalue weighted by molar-refractivity contribution is 0.181. The molecule has 2 aromatic rings. The first-order valence-corrected chi connectivity index (χ1v) is 6.80. The summed E-state index contributed by atoms with van der Waals surface area (Å²) in [7, 11) is 1.64. The zero-order chi connectivity index (χ0) is 13.8. The van der Waals surface area contributed by atoms with Gasteiger partial charge in [0.05, 0.1) is 23.0 Å². The van der Waals surface area contributed by atoms with E-state index in [9.17, 15) is 0 Å². The number of hydrogen-bond donors (Lipinski definition) is 1. The molecule has 0 spiro atoms. The van der Waals surface area contributed by atoms with Crippen molar-refractivity contribution >= 4 is 21.7 Å². The third-order valence-electron chi connectivity index (χ3n) is 2.61. The van der Waals surface area contributed by atoms with E-state index in [1.165, 1.54) is 0 Å². The van der Waals surface area contributed by atoms with Gasteiger partial charge in [0, 0.05) is 13.7 Å². The molecule has 0 radical (unpaired) electrons. The van der Waals surface area contributed by atoms with Gasteiger partial charge < -0.3 is 14.5 Å². The quantitative estimate of drug-likeness (QED) is 0.913. The molecule has 0 aliphatic heterocycles. The Morgan fingerprint density at radius 1 is 1.42 bits per heavy atom. The van der Waals surface area contributed by atoms with Gasteiger partial charge in [-0.3, -0.25) is 0 Å². The molecule has 1 N–H and O–H groups in total. The fourth-order valence-corrected chi connectivity index (χ4v) is 2.15. The Labute approximate surface area is 120 Å². The van der Waals surface area contributed by atoms with Crippen molar-refractivity contribution in [3.05, 3.63) is 28.1 Å². The van der Waals surface area contributed by atoms with E-state index in [1.807, 2.05) is 19.9 Å². The minimum atomic E-state index is 0.411. The number of methoxy groups -OCH3 is 1. The molecule has 2 heterocycles. The summed E-state index contributed by atoms with van der Waals surface area (Å²) in [6, 6.07) is 1.89. The highest BCUT2D eigenvalue weighted by Crippen LogP contribution is 2.29. The molecule has 6 heteroatoms. The number of nitrogens with zero attached hydrogens (tertiary/aromatic N) is 2. The van der Waals surface area contributed by atoms with Crippen molar-refractivity contribution in [3.63, 3.8) is 0 Å². The molecule has 5 nitrogen and oxygen atoms in total. The SMILES string of the molecule is CCNc1nc(-c2occc2C)nc(COC)c1Br. The summed E-state index contributed by atoms with van der Waals surface area (Å²) in [6.45, 7) is 5.17. The van der Waals surface area contributed by atoms with Gasteiger partial charge >= 0.3 is 0 Å². The number of aromatic nitrogens is 2. The van der Waals surface area contributed by atoms with Gasteiger partial charge in [0.2, 0.25) is 0 Å². The molecule has 0 aromatic carbocycles. The van der Waals surface area contributed by atoms with Crippen LogP contribution >= 0.6 is 15.9 Å². The maximum Gasteiger partial charge on any atom is 0.198 e. The van der Waals surface area contributed by atoms with E-state index in [-0.39, 0.29) is 0 Å². The molecule has 2 rings (SSSR count). The first-order valence-electron chi connectivity index (χ1n) is 6.01. The van der Waals surface area contributed by atoms with Crippen LogP contribution in [0.4, 0.5) is 5.82 Å². The number of furan rings is 1. The number of ether oxygens (including phenoxy) is 1. The third-order valence-corrected chi connectivity index (χ3v) is 3.44. The molecule has 0 aliphatic rings. The van der Waals surface area contributed by atoms with Crippen LogP contribution in [-0.4, -0.2) is 23.6 Å². The highest BCUT2D eigenvalue weighted by molar-refractivity contribution is 9.10. The van der Waals surface area contributed by atoms with Gasteiger partial charge in [-0.2, -0.15) is 0 Å². The van der Waals surface area contributed by atoms with Crippen LogP contribution in [0.1, 0.15) is 18.2 Å². The maximum atomic E-state index is 5.45. The standard InChI is InChI=1S/C13H16BrN3O2/c1-4-15-12-10(14)9(7-18-3)16-13(17-12)11-8(2)5-6-19-11/h5-6H,4,7H2,1-3H3,(H,15,16,17). The average Bonchev–Trinajstić information content (AvgIpc) is 2.81. The van der Waals surface area contributed by atoms with Gasteiger partial charge in [0.15, 0.2) is 11.6 Å². The molecule has 0 atom stereocenters. The molecule has 0 fully saturated rings. The number of rotatable bonds is 5. The Morgan fingerprint density at radius 2 is 2.21 bits per heavy atom. The fourth-order valence-electron chi connectivity index (χ4n) is 1.71. The summed E-state index contributed by atoms with van der Waals surface area (Å²) >= 11 is 3.50. The van der Waals surface area contributed by atoms with E-state index in [4.69, 9.17) is 9.15 Å². The van der Waals surface area contributed by atoms with Crippen LogP contribution in [-0.2, 0) is 11.3 Å². The zero-order valence-corrected chi connectivity index (χ0v) is 12.7. The molecule has 19 heavy (non-hydrogen) atoms. The van der Waals surface area contributed by atoms with Crippen molar-refractivity contribution < 1.29 is 9.15 Å². The van der Waals surface area contributed by atoms with E-state index in [0.717, 1.165) is 28.1 Å². The molecule has 0 bridgehead atoms. The highest BCUT2D eigenvalue weighted by atomic mass is 79.9. The number of halogens is 1. The van der Waals surface area contributed by atoms with Crippen molar-refractivity contribution in [1.29, 1.82) is 0 Å². The molecule has 102 valence electrons. The Kier molecular flexibility index (Phi) is 4.55. The van der Waals surface area contributed by atoms with E-state index in [1.54, 1.807) is 13.4 Å². The lowest BCUT2D eigenvalue weighted by Crippen LogP contribution is -2.07. The minimum absolute atomic E-state index is 0.411. The summed E-state index contributed by atoms with van der Waals surface area (Å²) in [5.41, 5.74) is 1.80. The van der Waals surface area contributed by atoms with Crippen LogP contribution in [0.15, 0.2) is 21.2 Å². The average molecular weight is 326 g/mol. The number of anilines is 1. The lowest BCUT2D eigenvalue weighted by atomic mass is 10.2. The van der Waals surface area contributed by atoms with Crippen LogP contribution in [0.2, 0.25) is 0 Å². The Bertz CT molecular complexity index is 542. The second kappa shape index (κ2) is 6.16. The normalized spacial score (nSPS) is 10.7. The van der Waals surface area contributed by atoms with Gasteiger partial charge in [-0.05, 0) is 41.4 Å². The molecule has 0 saturated carbocycles. The summed E-state index contributed by atoms with van der Waals surface area (Å²) < 4.78 is 11.4. The van der Waals surface area contributed by atoms with Crippen LogP contribution < -0.4 is 5.32 Å². The van der Waals surface area contributed by atoms with Gasteiger partial charge in [0.1, 0.15) is 5.82 Å². The maximum absolute atomic E-state index is 5.45. The lowest BCUT2D eigenvalue weighted by Gasteiger charge is -2.11. The Morgan fingerprint density at radius 3 is 2.79 bits per heavy atom. The largest absolute Gasteiger partial charge is 0.461 e. The first-order chi connectivity index (χ1) is 9.17. The zero-order valence-electron chi connectivity index (χ0n) is 11.2. The molecule has 2 aromatic heterocycles. The first kappa shape index (κ1) is 14.0. The third kappa shape index (κ3) is 2.96. The number of aryl methyl sites for hydroxylation is 1. The van der Waals surface area contributed by atoms with Crippen molar-refractivity contribution in [2.75, 3.05) is 19.0 Å². The smallest absolute Gasteiger partial charge is 0.198 e. The van der Waals surface area contributed by atoms with Gasteiger partial charge in [-0.15, -0.1) is 0 Å². The molecular weight excluding hydrogens is 310 g/mol. The van der Waals surface area contributed by atoms with Crippen LogP contribution in [0.5, 0.6) is 0 Å². The van der Waals surface area contributed by atoms with E-state index in [0.29, 0.717) is 18.2 Å². The van der Waals surface area contributed by atoms with Crippen molar-refractivity contribution in [2.45, 2.75) is 20.5 Å². The molecule has 0 unspecified atom stereocenters. The highest BCUT2D eigenvalue weighted by Gasteiger charge is 2.16. The molecule has 0 amide bonds. The summed E-state index contributed by atoms with van der Waals surface area (Å²) in [5.74, 6) is 1.99. The Balaban J connectivity index is 2.52. The van der Waals surface area contributed by atoms with Gasteiger partial charge in [-0.25, -0.2) is 9.97 Å². The summed E-state index contributed by atoms with van der Waals surface area (Å²) in [6.07, 6.45) is 1.64. The second-order valence-electron chi connectivity index (χ2n) is 4.05. The van der Waals surface area contributed by atoms with Crippen molar-refractivity contribution in [3.8, 4) is 11.6 Å². The predicted octanol–water partition coefficient (Wildman–Crippen LogP) is 3.39. The molecule has 0 saturated heterocycles. The molecule has 0 aliphatic carbocycles.